The summed E-state index contributed by atoms with van der Waals surface area (Å²) in [7, 11) is 0. The number of nitrogens with zero attached hydrogens (tertiary/aromatic N) is 2. The predicted molar refractivity (Wildman–Crippen MR) is 38.9 cm³/mol. The Morgan fingerprint density at radius 2 is 2.23 bits per heavy atom. The zero-order valence-electron chi connectivity index (χ0n) is 6.91. The van der Waals surface area contributed by atoms with Crippen molar-refractivity contribution in [3.63, 3.8) is 0 Å². The van der Waals surface area contributed by atoms with Crippen LogP contribution in [0.3, 0.4) is 0 Å². The molecule has 0 aliphatic heterocycles. The standard InChI is InChI=1S/C7H9F3N2O/c1-5(13)6-2-11-12(3-6)4-7(8,9)10/h2-3,5,13H,4H2,1H3. The summed E-state index contributed by atoms with van der Waals surface area (Å²) in [5.74, 6) is 0. The largest absolute Gasteiger partial charge is 0.408 e. The topological polar surface area (TPSA) is 38.1 Å². The molecule has 1 aromatic rings. The fourth-order valence-electron chi connectivity index (χ4n) is 0.865. The summed E-state index contributed by atoms with van der Waals surface area (Å²) in [6.45, 7) is 0.342. The van der Waals surface area contributed by atoms with Crippen LogP contribution in [0.4, 0.5) is 13.2 Å². The summed E-state index contributed by atoms with van der Waals surface area (Å²) in [6, 6.07) is 0. The van der Waals surface area contributed by atoms with Crippen LogP contribution in [0.2, 0.25) is 0 Å². The molecule has 1 aromatic heterocycles. The molecule has 74 valence electrons. The monoisotopic (exact) mass is 194 g/mol. The van der Waals surface area contributed by atoms with Gasteiger partial charge in [0.05, 0.1) is 12.3 Å². The number of aromatic nitrogens is 2. The molecule has 0 amide bonds. The van der Waals surface area contributed by atoms with E-state index in [1.165, 1.54) is 19.3 Å². The lowest BCUT2D eigenvalue weighted by Gasteiger charge is -2.05. The molecule has 0 aliphatic carbocycles. The highest BCUT2D eigenvalue weighted by Crippen LogP contribution is 2.18. The van der Waals surface area contributed by atoms with Crippen LogP contribution in [0.25, 0.3) is 0 Å². The van der Waals surface area contributed by atoms with Gasteiger partial charge < -0.3 is 5.11 Å². The molecule has 0 saturated heterocycles. The Morgan fingerprint density at radius 3 is 2.62 bits per heavy atom. The summed E-state index contributed by atoms with van der Waals surface area (Å²) in [5.41, 5.74) is 0.379. The van der Waals surface area contributed by atoms with Gasteiger partial charge in [0.2, 0.25) is 0 Å². The first-order valence-corrected chi connectivity index (χ1v) is 3.65. The molecule has 0 radical (unpaired) electrons. The normalized spacial score (nSPS) is 14.5. The van der Waals surface area contributed by atoms with E-state index < -0.39 is 18.8 Å². The Labute approximate surface area is 72.8 Å². The molecule has 3 nitrogen and oxygen atoms in total. The minimum atomic E-state index is -4.28. The van der Waals surface area contributed by atoms with Gasteiger partial charge in [-0.1, -0.05) is 0 Å². The summed E-state index contributed by atoms with van der Waals surface area (Å²) >= 11 is 0. The number of hydrogen-bond donors (Lipinski definition) is 1. The van der Waals surface area contributed by atoms with E-state index in [2.05, 4.69) is 5.10 Å². The van der Waals surface area contributed by atoms with Crippen molar-refractivity contribution < 1.29 is 18.3 Å². The van der Waals surface area contributed by atoms with Crippen LogP contribution < -0.4 is 0 Å². The van der Waals surface area contributed by atoms with Crippen LogP contribution in [0.1, 0.15) is 18.6 Å². The fourth-order valence-corrected chi connectivity index (χ4v) is 0.865. The number of alkyl halides is 3. The maximum Gasteiger partial charge on any atom is 0.408 e. The molecule has 1 rings (SSSR count). The van der Waals surface area contributed by atoms with Crippen molar-refractivity contribution in [2.45, 2.75) is 25.7 Å². The van der Waals surface area contributed by atoms with Crippen molar-refractivity contribution >= 4 is 0 Å². The van der Waals surface area contributed by atoms with Crippen molar-refractivity contribution in [2.24, 2.45) is 0 Å². The van der Waals surface area contributed by atoms with Crippen molar-refractivity contribution in [3.8, 4) is 0 Å². The first-order chi connectivity index (χ1) is 5.88. The Balaban J connectivity index is 2.70. The maximum atomic E-state index is 11.8. The Bertz CT molecular complexity index is 280. The van der Waals surface area contributed by atoms with Gasteiger partial charge in [0.1, 0.15) is 6.54 Å². The van der Waals surface area contributed by atoms with Crippen LogP contribution in [0.5, 0.6) is 0 Å². The van der Waals surface area contributed by atoms with Crippen molar-refractivity contribution in [2.75, 3.05) is 0 Å². The Morgan fingerprint density at radius 1 is 1.62 bits per heavy atom. The van der Waals surface area contributed by atoms with E-state index in [-0.39, 0.29) is 0 Å². The van der Waals surface area contributed by atoms with Gasteiger partial charge in [0.15, 0.2) is 0 Å². The van der Waals surface area contributed by atoms with Gasteiger partial charge in [-0.3, -0.25) is 4.68 Å². The quantitative estimate of drug-likeness (QED) is 0.774. The highest BCUT2D eigenvalue weighted by Gasteiger charge is 2.28. The summed E-state index contributed by atoms with van der Waals surface area (Å²) in [4.78, 5) is 0. The van der Waals surface area contributed by atoms with Gasteiger partial charge in [-0.05, 0) is 6.92 Å². The van der Waals surface area contributed by atoms with E-state index in [0.717, 1.165) is 4.68 Å². The van der Waals surface area contributed by atoms with Crippen molar-refractivity contribution in [3.05, 3.63) is 18.0 Å². The number of rotatable bonds is 2. The van der Waals surface area contributed by atoms with Crippen molar-refractivity contribution in [1.82, 2.24) is 9.78 Å². The third-order valence-corrected chi connectivity index (χ3v) is 1.48. The molecule has 0 aromatic carbocycles. The zero-order valence-corrected chi connectivity index (χ0v) is 6.91. The smallest absolute Gasteiger partial charge is 0.389 e. The second kappa shape index (κ2) is 3.37. The molecule has 1 unspecified atom stereocenters. The molecule has 1 heterocycles. The average Bonchev–Trinajstić information content (AvgIpc) is 2.31. The summed E-state index contributed by atoms with van der Waals surface area (Å²) < 4.78 is 36.2. The maximum absolute atomic E-state index is 11.8. The van der Waals surface area contributed by atoms with E-state index in [1.54, 1.807) is 0 Å². The summed E-state index contributed by atoms with van der Waals surface area (Å²) in [6.07, 6.45) is -2.67. The van der Waals surface area contributed by atoms with Crippen LogP contribution >= 0.6 is 0 Å². The Hall–Kier alpha value is -1.04. The van der Waals surface area contributed by atoms with Crippen LogP contribution in [0, 0.1) is 0 Å². The van der Waals surface area contributed by atoms with E-state index in [0.29, 0.717) is 5.56 Å². The zero-order chi connectivity index (χ0) is 10.1. The molecule has 0 bridgehead atoms. The van der Waals surface area contributed by atoms with Gasteiger partial charge >= 0.3 is 6.18 Å². The second-order valence-corrected chi connectivity index (χ2v) is 2.76. The Kier molecular flexibility index (Phi) is 2.60. The van der Waals surface area contributed by atoms with Crippen LogP contribution in [0.15, 0.2) is 12.4 Å². The molecule has 0 fully saturated rings. The predicted octanol–water partition coefficient (Wildman–Crippen LogP) is 1.50. The second-order valence-electron chi connectivity index (χ2n) is 2.76. The number of hydrogen-bond acceptors (Lipinski definition) is 2. The third kappa shape index (κ3) is 3.06. The summed E-state index contributed by atoms with van der Waals surface area (Å²) in [5, 5.41) is 12.5. The lowest BCUT2D eigenvalue weighted by atomic mass is 10.2. The molecule has 0 saturated carbocycles. The van der Waals surface area contributed by atoms with Gasteiger partial charge in [-0.15, -0.1) is 0 Å². The SMILES string of the molecule is CC(O)c1cnn(CC(F)(F)F)c1. The third-order valence-electron chi connectivity index (χ3n) is 1.48. The fraction of sp³-hybridized carbons (Fsp3) is 0.571. The molecule has 0 aliphatic rings. The lowest BCUT2D eigenvalue weighted by Crippen LogP contribution is -2.17. The van der Waals surface area contributed by atoms with E-state index in [1.807, 2.05) is 0 Å². The van der Waals surface area contributed by atoms with Gasteiger partial charge in [-0.2, -0.15) is 18.3 Å². The molecule has 1 N–H and O–H groups in total. The molecule has 1 atom stereocenters. The van der Waals surface area contributed by atoms with E-state index in [9.17, 15) is 13.2 Å². The number of halogens is 3. The first kappa shape index (κ1) is 10.0. The molecule has 0 spiro atoms. The minimum absolute atomic E-state index is 0.379. The van der Waals surface area contributed by atoms with Crippen LogP contribution in [-0.4, -0.2) is 21.1 Å². The van der Waals surface area contributed by atoms with Gasteiger partial charge in [-0.25, -0.2) is 0 Å². The number of aliphatic hydroxyl groups is 1. The van der Waals surface area contributed by atoms with Crippen LogP contribution in [-0.2, 0) is 6.54 Å². The molecule has 13 heavy (non-hydrogen) atoms. The molecular weight excluding hydrogens is 185 g/mol. The molecule has 6 heteroatoms. The first-order valence-electron chi connectivity index (χ1n) is 3.65. The van der Waals surface area contributed by atoms with Crippen molar-refractivity contribution in [1.29, 1.82) is 0 Å². The minimum Gasteiger partial charge on any atom is -0.389 e. The van der Waals surface area contributed by atoms with E-state index in [4.69, 9.17) is 5.11 Å². The lowest BCUT2D eigenvalue weighted by molar-refractivity contribution is -0.142. The van der Waals surface area contributed by atoms with Gasteiger partial charge in [0.25, 0.3) is 0 Å². The highest BCUT2D eigenvalue weighted by atomic mass is 19.4. The van der Waals surface area contributed by atoms with E-state index >= 15 is 0 Å². The van der Waals surface area contributed by atoms with Gasteiger partial charge in [0, 0.05) is 11.8 Å². The highest BCUT2D eigenvalue weighted by molar-refractivity contribution is 5.06. The molecular formula is C7H9F3N2O. The number of aliphatic hydroxyl groups excluding tert-OH is 1. The average molecular weight is 194 g/mol.